The third-order valence-electron chi connectivity index (χ3n) is 10.2. The third kappa shape index (κ3) is 9.55. The van der Waals surface area contributed by atoms with Crippen LogP contribution in [-0.2, 0) is 41.7 Å². The Morgan fingerprint density at radius 2 is 1.85 bits per heavy atom. The topological polar surface area (TPSA) is 162 Å². The molecule has 14 heteroatoms. The molecule has 3 aliphatic heterocycles. The highest BCUT2D eigenvalue weighted by atomic mass is 16.6. The Labute approximate surface area is 312 Å². The molecule has 5 atom stereocenters. The number of nitrogens with one attached hydrogen (secondary N) is 2. The molecule has 14 nitrogen and oxygen atoms in total. The number of nitrogens with zero attached hydrogens (tertiary/aromatic N) is 2. The lowest BCUT2D eigenvalue weighted by atomic mass is 10.0. The first-order valence-electron chi connectivity index (χ1n) is 19.1. The Morgan fingerprint density at radius 1 is 1.08 bits per heavy atom. The van der Waals surface area contributed by atoms with E-state index in [9.17, 15) is 24.0 Å². The number of rotatable bonds is 14. The fourth-order valence-electron chi connectivity index (χ4n) is 7.39. The van der Waals surface area contributed by atoms with Gasteiger partial charge < -0.3 is 39.2 Å². The van der Waals surface area contributed by atoms with E-state index >= 15 is 0 Å². The van der Waals surface area contributed by atoms with E-state index in [2.05, 4.69) is 17.2 Å². The standard InChI is InChI=1S/C39H56N4O10/c1-7-10-11-12-13-15-29(40-36(47)53-38(4,5)6)34(45)43-23-27(20-30(43)33(44)41-39(21-26(39)8-2)35(46)49-9-3)52-37(48)42-22-25-16-17-31-32(28(25)24-42)51-19-14-18-50-31/h7,16-17,26-27,29-30H,1,8-15,18-24H2,2-6H3,(H,40,47)(H,41,44)/t26-,27-,29?,30+,39-/m1/s1. The molecule has 1 saturated carbocycles. The van der Waals surface area contributed by atoms with Gasteiger partial charge >= 0.3 is 18.2 Å². The predicted octanol–water partition coefficient (Wildman–Crippen LogP) is 5.15. The number of hydrogen-bond acceptors (Lipinski definition) is 10. The largest absolute Gasteiger partial charge is 0.490 e. The van der Waals surface area contributed by atoms with Crippen LogP contribution < -0.4 is 20.1 Å². The van der Waals surface area contributed by atoms with Crippen LogP contribution in [0.25, 0.3) is 0 Å². The van der Waals surface area contributed by atoms with Crippen molar-refractivity contribution in [2.75, 3.05) is 26.4 Å². The second-order valence-corrected chi connectivity index (χ2v) is 15.3. The summed E-state index contributed by atoms with van der Waals surface area (Å²) in [6, 6.07) is 1.69. The molecular formula is C39H56N4O10. The number of alkyl carbamates (subject to hydrolysis) is 1. The predicted molar refractivity (Wildman–Crippen MR) is 194 cm³/mol. The van der Waals surface area contributed by atoms with Gasteiger partial charge in [-0.1, -0.05) is 38.3 Å². The number of fused-ring (bicyclic) bond motifs is 3. The second kappa shape index (κ2) is 17.1. The zero-order valence-corrected chi connectivity index (χ0v) is 31.8. The highest BCUT2D eigenvalue weighted by molar-refractivity contribution is 5.96. The molecular weight excluding hydrogens is 684 g/mol. The van der Waals surface area contributed by atoms with E-state index in [1.807, 2.05) is 25.1 Å². The zero-order valence-electron chi connectivity index (χ0n) is 31.8. The molecule has 4 amide bonds. The van der Waals surface area contributed by atoms with Gasteiger partial charge in [0.15, 0.2) is 11.5 Å². The molecule has 3 heterocycles. The lowest BCUT2D eigenvalue weighted by molar-refractivity contribution is -0.150. The zero-order chi connectivity index (χ0) is 38.3. The first kappa shape index (κ1) is 39.7. The van der Waals surface area contributed by atoms with E-state index < -0.39 is 59.3 Å². The van der Waals surface area contributed by atoms with Gasteiger partial charge in [-0.05, 0) is 70.9 Å². The van der Waals surface area contributed by atoms with Crippen molar-refractivity contribution in [3.05, 3.63) is 35.9 Å². The fraction of sp³-hybridized carbons (Fsp3) is 0.667. The highest BCUT2D eigenvalue weighted by Crippen LogP contribution is 2.47. The summed E-state index contributed by atoms with van der Waals surface area (Å²) in [7, 11) is 0. The maximum atomic E-state index is 14.4. The van der Waals surface area contributed by atoms with Gasteiger partial charge in [0, 0.05) is 24.9 Å². The van der Waals surface area contributed by atoms with Crippen LogP contribution in [0.5, 0.6) is 11.5 Å². The summed E-state index contributed by atoms with van der Waals surface area (Å²) in [6.07, 6.45) is 4.92. The first-order chi connectivity index (χ1) is 25.3. The summed E-state index contributed by atoms with van der Waals surface area (Å²) in [5.74, 6) is -0.381. The van der Waals surface area contributed by atoms with Crippen LogP contribution in [0.4, 0.5) is 9.59 Å². The van der Waals surface area contributed by atoms with Gasteiger partial charge in [0.1, 0.15) is 29.3 Å². The minimum Gasteiger partial charge on any atom is -0.490 e. The van der Waals surface area contributed by atoms with Crippen LogP contribution in [0.3, 0.4) is 0 Å². The molecule has 1 aliphatic carbocycles. The Morgan fingerprint density at radius 3 is 2.55 bits per heavy atom. The smallest absolute Gasteiger partial charge is 0.410 e. The van der Waals surface area contributed by atoms with E-state index in [0.717, 1.165) is 36.8 Å². The Bertz CT molecular complexity index is 1540. The van der Waals surface area contributed by atoms with Crippen molar-refractivity contribution >= 4 is 30.0 Å². The number of hydrogen-bond donors (Lipinski definition) is 2. The minimum atomic E-state index is -1.18. The number of likely N-dealkylation sites (tertiary alicyclic amines) is 1. The van der Waals surface area contributed by atoms with Crippen LogP contribution in [0, 0.1) is 5.92 Å². The lowest BCUT2D eigenvalue weighted by Gasteiger charge is -2.30. The minimum absolute atomic E-state index is 0.00460. The summed E-state index contributed by atoms with van der Waals surface area (Å²) in [4.78, 5) is 71.2. The number of unbranched alkanes of at least 4 members (excludes halogenated alkanes) is 3. The summed E-state index contributed by atoms with van der Waals surface area (Å²) in [5, 5.41) is 5.66. The summed E-state index contributed by atoms with van der Waals surface area (Å²) < 4.78 is 28.7. The van der Waals surface area contributed by atoms with Crippen LogP contribution in [0.1, 0.15) is 104 Å². The molecule has 0 spiro atoms. The molecule has 1 unspecified atom stereocenters. The van der Waals surface area contributed by atoms with Crippen molar-refractivity contribution in [3.8, 4) is 11.5 Å². The number of esters is 1. The molecule has 1 saturated heterocycles. The van der Waals surface area contributed by atoms with Crippen molar-refractivity contribution in [1.29, 1.82) is 0 Å². The van der Waals surface area contributed by atoms with Gasteiger partial charge in [-0.2, -0.15) is 0 Å². The molecule has 1 aromatic rings. The normalized spacial score (nSPS) is 23.6. The van der Waals surface area contributed by atoms with Crippen molar-refractivity contribution in [2.24, 2.45) is 5.92 Å². The molecule has 5 rings (SSSR count). The van der Waals surface area contributed by atoms with E-state index in [4.69, 9.17) is 23.7 Å². The third-order valence-corrected chi connectivity index (χ3v) is 10.2. The van der Waals surface area contributed by atoms with Gasteiger partial charge in [0.2, 0.25) is 11.8 Å². The quantitative estimate of drug-likeness (QED) is 0.113. The van der Waals surface area contributed by atoms with Gasteiger partial charge in [-0.15, -0.1) is 6.58 Å². The van der Waals surface area contributed by atoms with Crippen LogP contribution in [0.15, 0.2) is 24.8 Å². The monoisotopic (exact) mass is 740 g/mol. The SMILES string of the molecule is C=CCCCCCC(NC(=O)OC(C)(C)C)C(=O)N1C[C@H](OC(=O)N2Cc3ccc4c(c3C2)OCCCO4)C[C@H]1C(=O)N[C@]1(C(=O)OCC)C[C@H]1CC. The summed E-state index contributed by atoms with van der Waals surface area (Å²) in [5.41, 5.74) is -0.193. The van der Waals surface area contributed by atoms with Crippen LogP contribution >= 0.6 is 0 Å². The average Bonchev–Trinajstić information content (AvgIpc) is 3.51. The van der Waals surface area contributed by atoms with Gasteiger partial charge in [0.25, 0.3) is 0 Å². The summed E-state index contributed by atoms with van der Waals surface area (Å²) >= 11 is 0. The van der Waals surface area contributed by atoms with Crippen molar-refractivity contribution in [1.82, 2.24) is 20.4 Å². The first-order valence-corrected chi connectivity index (χ1v) is 19.1. The van der Waals surface area contributed by atoms with E-state index in [0.29, 0.717) is 56.9 Å². The molecule has 4 aliphatic rings. The molecule has 0 aromatic heterocycles. The molecule has 0 radical (unpaired) electrons. The number of ether oxygens (including phenoxy) is 5. The number of amides is 4. The number of benzene rings is 1. The maximum Gasteiger partial charge on any atom is 0.410 e. The van der Waals surface area contributed by atoms with Crippen LogP contribution in [-0.4, -0.2) is 95.5 Å². The van der Waals surface area contributed by atoms with Gasteiger partial charge in [0.05, 0.1) is 32.9 Å². The Balaban J connectivity index is 1.35. The fourth-order valence-corrected chi connectivity index (χ4v) is 7.39. The van der Waals surface area contributed by atoms with E-state index in [1.54, 1.807) is 32.6 Å². The average molecular weight is 741 g/mol. The highest BCUT2D eigenvalue weighted by Gasteiger charge is 2.62. The van der Waals surface area contributed by atoms with Crippen molar-refractivity contribution < 1.29 is 47.7 Å². The van der Waals surface area contributed by atoms with Gasteiger partial charge in [-0.3, -0.25) is 14.5 Å². The van der Waals surface area contributed by atoms with Crippen LogP contribution in [0.2, 0.25) is 0 Å². The van der Waals surface area contributed by atoms with Crippen molar-refractivity contribution in [3.63, 3.8) is 0 Å². The summed E-state index contributed by atoms with van der Waals surface area (Å²) in [6.45, 7) is 14.3. The Kier molecular flexibility index (Phi) is 12.8. The molecule has 1 aromatic carbocycles. The van der Waals surface area contributed by atoms with Crippen molar-refractivity contribution in [2.45, 2.75) is 135 Å². The van der Waals surface area contributed by atoms with E-state index in [-0.39, 0.29) is 32.0 Å². The molecule has 292 valence electrons. The molecule has 53 heavy (non-hydrogen) atoms. The molecule has 2 N–H and O–H groups in total. The van der Waals surface area contributed by atoms with E-state index in [1.165, 1.54) is 4.90 Å². The van der Waals surface area contributed by atoms with Gasteiger partial charge in [-0.25, -0.2) is 14.4 Å². The maximum absolute atomic E-state index is 14.4. The molecule has 2 fully saturated rings. The Hall–Kier alpha value is -4.49. The molecule has 0 bridgehead atoms. The number of allylic oxidation sites excluding steroid dienone is 1. The number of carbonyl (C=O) groups is 5. The lowest BCUT2D eigenvalue weighted by Crippen LogP contribution is -2.56. The number of carbonyl (C=O) groups excluding carboxylic acids is 5. The second-order valence-electron chi connectivity index (χ2n) is 15.3.